The maximum atomic E-state index is 12.0. The van der Waals surface area contributed by atoms with Gasteiger partial charge in [-0.3, -0.25) is 13.5 Å². The number of nitrogens with two attached hydrogens (primary N) is 1. The topological polar surface area (TPSA) is 232 Å². The Morgan fingerprint density at radius 3 is 2.64 bits per heavy atom. The Morgan fingerprint density at radius 1 is 1.33 bits per heavy atom. The first-order valence-electron chi connectivity index (χ1n) is 9.56. The molecule has 2 aromatic rings. The molecular formula is C16H23IN6O9S. The molecule has 7 N–H and O–H groups in total. The number of aliphatic hydroxyl groups excluding tert-OH is 4. The van der Waals surface area contributed by atoms with Crippen LogP contribution in [0.3, 0.4) is 0 Å². The van der Waals surface area contributed by atoms with Crippen molar-refractivity contribution >= 4 is 55.8 Å². The highest BCUT2D eigenvalue weighted by molar-refractivity contribution is 14.1. The molecule has 2 aromatic heterocycles. The fourth-order valence-electron chi connectivity index (χ4n) is 3.08. The molecule has 1 fully saturated rings. The van der Waals surface area contributed by atoms with Crippen LogP contribution in [0.15, 0.2) is 6.33 Å². The second-order valence-electron chi connectivity index (χ2n) is 7.63. The zero-order valence-corrected chi connectivity index (χ0v) is 20.3. The van der Waals surface area contributed by atoms with E-state index < -0.39 is 65.5 Å². The van der Waals surface area contributed by atoms with Crippen molar-refractivity contribution in [1.29, 1.82) is 0 Å². The van der Waals surface area contributed by atoms with Crippen LogP contribution in [0.25, 0.3) is 11.2 Å². The van der Waals surface area contributed by atoms with Crippen molar-refractivity contribution in [1.82, 2.24) is 24.2 Å². The monoisotopic (exact) mass is 602 g/mol. The lowest BCUT2D eigenvalue weighted by molar-refractivity contribution is -0.135. The van der Waals surface area contributed by atoms with E-state index in [0.717, 1.165) is 0 Å². The van der Waals surface area contributed by atoms with Gasteiger partial charge in [0.1, 0.15) is 23.8 Å². The van der Waals surface area contributed by atoms with Gasteiger partial charge in [0.2, 0.25) is 0 Å². The van der Waals surface area contributed by atoms with Crippen LogP contribution in [0, 0.1) is 9.75 Å². The summed E-state index contributed by atoms with van der Waals surface area (Å²) in [6.07, 6.45) is -7.83. The van der Waals surface area contributed by atoms with Crippen molar-refractivity contribution in [2.24, 2.45) is 5.92 Å². The van der Waals surface area contributed by atoms with Crippen LogP contribution in [-0.4, -0.2) is 91.4 Å². The van der Waals surface area contributed by atoms with Crippen molar-refractivity contribution in [3.8, 4) is 0 Å². The third-order valence-corrected chi connectivity index (χ3v) is 6.30. The fraction of sp³-hybridized carbons (Fsp3) is 0.625. The predicted octanol–water partition coefficient (Wildman–Crippen LogP) is -2.61. The first-order chi connectivity index (χ1) is 15.3. The van der Waals surface area contributed by atoms with Crippen molar-refractivity contribution in [3.05, 3.63) is 10.2 Å². The average Bonchev–Trinajstić information content (AvgIpc) is 3.26. The summed E-state index contributed by atoms with van der Waals surface area (Å²) >= 11 is 1.84. The lowest BCUT2D eigenvalue weighted by Gasteiger charge is -2.20. The van der Waals surface area contributed by atoms with E-state index in [9.17, 15) is 33.6 Å². The maximum Gasteiger partial charge on any atom is 0.362 e. The molecule has 33 heavy (non-hydrogen) atoms. The number of carbonyl (C=O) groups excluding carboxylic acids is 1. The number of hydrogen-bond donors (Lipinski definition) is 6. The molecule has 0 aromatic carbocycles. The number of hydrogen-bond acceptors (Lipinski definition) is 13. The molecule has 1 aliphatic rings. The molecule has 0 saturated carbocycles. The van der Waals surface area contributed by atoms with E-state index in [-0.39, 0.29) is 17.0 Å². The van der Waals surface area contributed by atoms with Gasteiger partial charge in [-0.15, -0.1) is 0 Å². The summed E-state index contributed by atoms with van der Waals surface area (Å²) in [5.74, 6) is -1.81. The number of nitrogens with zero attached hydrogens (tertiary/aromatic N) is 4. The normalized spacial score (nSPS) is 25.5. The number of amides is 1. The van der Waals surface area contributed by atoms with Crippen LogP contribution >= 0.6 is 22.6 Å². The first-order valence-corrected chi connectivity index (χ1v) is 12.1. The first kappa shape index (κ1) is 25.9. The zero-order chi connectivity index (χ0) is 24.7. The lowest BCUT2D eigenvalue weighted by atomic mass is 10.0. The Kier molecular flexibility index (Phi) is 7.73. The summed E-state index contributed by atoms with van der Waals surface area (Å²) in [6, 6.07) is 0. The third kappa shape index (κ3) is 5.50. The molecule has 1 saturated heterocycles. The molecule has 15 nitrogen and oxygen atoms in total. The second kappa shape index (κ2) is 9.86. The highest BCUT2D eigenvalue weighted by atomic mass is 127. The summed E-state index contributed by atoms with van der Waals surface area (Å²) in [4.78, 5) is 24.1. The Balaban J connectivity index is 1.68. The minimum atomic E-state index is -4.73. The summed E-state index contributed by atoms with van der Waals surface area (Å²) in [5, 5.41) is 40.2. The average molecular weight is 602 g/mol. The van der Waals surface area contributed by atoms with E-state index in [4.69, 9.17) is 10.5 Å². The molecule has 6 atom stereocenters. The molecule has 0 radical (unpaired) electrons. The van der Waals surface area contributed by atoms with Crippen LogP contribution in [0.1, 0.15) is 20.1 Å². The van der Waals surface area contributed by atoms with Crippen molar-refractivity contribution in [3.63, 3.8) is 0 Å². The van der Waals surface area contributed by atoms with Crippen LogP contribution in [0.2, 0.25) is 0 Å². The number of aliphatic hydroxyl groups is 4. The maximum absolute atomic E-state index is 12.0. The summed E-state index contributed by atoms with van der Waals surface area (Å²) < 4.78 is 37.4. The minimum Gasteiger partial charge on any atom is -0.390 e. The number of imidazole rings is 1. The molecule has 184 valence electrons. The van der Waals surface area contributed by atoms with Gasteiger partial charge in [-0.1, -0.05) is 13.8 Å². The molecule has 17 heteroatoms. The number of carbonyl (C=O) groups is 1. The summed E-state index contributed by atoms with van der Waals surface area (Å²) in [6.45, 7) is 2.27. The van der Waals surface area contributed by atoms with Crippen molar-refractivity contribution in [2.75, 3.05) is 12.3 Å². The summed E-state index contributed by atoms with van der Waals surface area (Å²) in [5.41, 5.74) is 6.28. The van der Waals surface area contributed by atoms with E-state index in [2.05, 4.69) is 19.1 Å². The molecule has 3 heterocycles. The standard InChI is InChI=1S/C16H23IN6O9S/c1-5(2)8(24)10(26)14(28)22-33(29,30)31-3-6-9(25)11(27)15(32-6)23-4-19-7-12(18)20-16(17)21-13(7)23/h4-6,8-11,15,24-27H,3H2,1-2H3,(H,22,28)(H2,18,20,21)/t6-,8-,9-,10+,11-,15-/m1/s1. The van der Waals surface area contributed by atoms with Gasteiger partial charge in [-0.05, 0) is 5.92 Å². The molecule has 3 rings (SSSR count). The van der Waals surface area contributed by atoms with Crippen molar-refractivity contribution in [2.45, 2.75) is 50.6 Å². The Labute approximate surface area is 201 Å². The second-order valence-corrected chi connectivity index (χ2v) is 9.95. The van der Waals surface area contributed by atoms with Gasteiger partial charge in [0.25, 0.3) is 5.91 Å². The fourth-order valence-corrected chi connectivity index (χ4v) is 4.31. The van der Waals surface area contributed by atoms with Gasteiger partial charge in [-0.25, -0.2) is 19.7 Å². The number of ether oxygens (including phenoxy) is 1. The molecule has 0 spiro atoms. The molecule has 0 unspecified atom stereocenters. The number of aromatic nitrogens is 4. The van der Waals surface area contributed by atoms with Crippen LogP contribution in [-0.2, 0) is 24.0 Å². The molecule has 0 aliphatic carbocycles. The van der Waals surface area contributed by atoms with Gasteiger partial charge in [0, 0.05) is 22.6 Å². The Bertz CT molecular complexity index is 1130. The summed E-state index contributed by atoms with van der Waals surface area (Å²) in [7, 11) is -4.73. The smallest absolute Gasteiger partial charge is 0.362 e. The Hall–Kier alpha value is -1.74. The van der Waals surface area contributed by atoms with Crippen LogP contribution in [0.4, 0.5) is 5.82 Å². The SMILES string of the molecule is CC(C)[C@@H](O)[C@H](O)C(=O)NS(=O)(=O)OC[C@H]1O[C@@H](n2cnc3c(N)nc(I)nc32)[C@H](O)[C@@H]1O. The number of fused-ring (bicyclic) bond motifs is 1. The van der Waals surface area contributed by atoms with Crippen molar-refractivity contribution < 1.29 is 42.6 Å². The quantitative estimate of drug-likeness (QED) is 0.134. The number of halogens is 1. The molecule has 1 aliphatic heterocycles. The number of nitrogen functional groups attached to an aromatic ring is 1. The molecular weight excluding hydrogens is 579 g/mol. The van der Waals surface area contributed by atoms with E-state index in [1.54, 1.807) is 0 Å². The van der Waals surface area contributed by atoms with Gasteiger partial charge in [0.05, 0.1) is 19.0 Å². The van der Waals surface area contributed by atoms with Gasteiger partial charge >= 0.3 is 10.3 Å². The van der Waals surface area contributed by atoms with Crippen LogP contribution < -0.4 is 10.5 Å². The highest BCUT2D eigenvalue weighted by Gasteiger charge is 2.45. The van der Waals surface area contributed by atoms with Gasteiger partial charge in [-0.2, -0.15) is 8.42 Å². The number of anilines is 1. The van der Waals surface area contributed by atoms with E-state index in [0.29, 0.717) is 3.83 Å². The van der Waals surface area contributed by atoms with E-state index >= 15 is 0 Å². The Morgan fingerprint density at radius 2 is 2.00 bits per heavy atom. The molecule has 0 bridgehead atoms. The third-order valence-electron chi connectivity index (χ3n) is 4.92. The van der Waals surface area contributed by atoms with Gasteiger partial charge < -0.3 is 30.9 Å². The molecule has 1 amide bonds. The largest absolute Gasteiger partial charge is 0.390 e. The van der Waals surface area contributed by atoms with E-state index in [1.165, 1.54) is 29.5 Å². The number of nitrogens with one attached hydrogen (secondary N) is 1. The zero-order valence-electron chi connectivity index (χ0n) is 17.3. The van der Waals surface area contributed by atoms with E-state index in [1.807, 2.05) is 22.6 Å². The number of rotatable bonds is 8. The lowest BCUT2D eigenvalue weighted by Crippen LogP contribution is -2.47. The van der Waals surface area contributed by atoms with Gasteiger partial charge in [0.15, 0.2) is 27.6 Å². The predicted molar refractivity (Wildman–Crippen MR) is 118 cm³/mol. The van der Waals surface area contributed by atoms with Crippen LogP contribution in [0.5, 0.6) is 0 Å². The minimum absolute atomic E-state index is 0.0997. The highest BCUT2D eigenvalue weighted by Crippen LogP contribution is 2.32.